The molecular formula is C12H9BrClN3S. The molecule has 3 N–H and O–H groups in total. The van der Waals surface area contributed by atoms with Gasteiger partial charge in [0.15, 0.2) is 0 Å². The van der Waals surface area contributed by atoms with Crippen LogP contribution in [0.1, 0.15) is 5.56 Å². The Morgan fingerprint density at radius 3 is 2.89 bits per heavy atom. The molecule has 0 saturated carbocycles. The van der Waals surface area contributed by atoms with Crippen LogP contribution in [0, 0.1) is 6.92 Å². The predicted molar refractivity (Wildman–Crippen MR) is 81.3 cm³/mol. The topological polar surface area (TPSA) is 54.7 Å². The third-order valence-electron chi connectivity index (χ3n) is 2.70. The number of imidazole rings is 1. The Morgan fingerprint density at radius 2 is 2.22 bits per heavy atom. The second-order valence-corrected chi connectivity index (χ2v) is 6.21. The third kappa shape index (κ3) is 1.83. The van der Waals surface area contributed by atoms with Crippen LogP contribution >= 0.6 is 38.9 Å². The highest BCUT2D eigenvalue weighted by Gasteiger charge is 2.14. The molecule has 1 aromatic carbocycles. The van der Waals surface area contributed by atoms with E-state index in [0.717, 1.165) is 36.8 Å². The Hall–Kier alpha value is -1.04. The molecule has 0 aliphatic carbocycles. The van der Waals surface area contributed by atoms with Crippen molar-refractivity contribution in [3.8, 4) is 10.7 Å². The van der Waals surface area contributed by atoms with Crippen LogP contribution in [0.15, 0.2) is 22.0 Å². The molecule has 0 fully saturated rings. The highest BCUT2D eigenvalue weighted by atomic mass is 79.9. The van der Waals surface area contributed by atoms with Crippen LogP contribution < -0.4 is 5.73 Å². The fourth-order valence-corrected chi connectivity index (χ4v) is 3.51. The number of hydrogen-bond donors (Lipinski definition) is 2. The molecule has 92 valence electrons. The first-order valence-corrected chi connectivity index (χ1v) is 7.30. The summed E-state index contributed by atoms with van der Waals surface area (Å²) < 4.78 is 0.927. The summed E-state index contributed by atoms with van der Waals surface area (Å²) in [6.07, 6.45) is 0. The number of halogens is 2. The van der Waals surface area contributed by atoms with E-state index >= 15 is 0 Å². The van der Waals surface area contributed by atoms with E-state index in [1.165, 1.54) is 0 Å². The predicted octanol–water partition coefficient (Wildman–Crippen LogP) is 4.60. The number of benzene rings is 1. The van der Waals surface area contributed by atoms with Crippen molar-refractivity contribution in [3.05, 3.63) is 32.6 Å². The average molecular weight is 343 g/mol. The maximum absolute atomic E-state index is 6.25. The molecule has 3 rings (SSSR count). The summed E-state index contributed by atoms with van der Waals surface area (Å²) in [5.74, 6) is 0.762. The van der Waals surface area contributed by atoms with Gasteiger partial charge in [-0.05, 0) is 30.0 Å². The van der Waals surface area contributed by atoms with Crippen molar-refractivity contribution in [1.29, 1.82) is 0 Å². The van der Waals surface area contributed by atoms with Crippen molar-refractivity contribution in [2.24, 2.45) is 0 Å². The number of hydrogen-bond acceptors (Lipinski definition) is 3. The summed E-state index contributed by atoms with van der Waals surface area (Å²) in [7, 11) is 0. The highest BCUT2D eigenvalue weighted by Crippen LogP contribution is 2.36. The largest absolute Gasteiger partial charge is 0.397 e. The molecular weight excluding hydrogens is 334 g/mol. The van der Waals surface area contributed by atoms with Crippen molar-refractivity contribution in [3.63, 3.8) is 0 Å². The zero-order chi connectivity index (χ0) is 12.9. The zero-order valence-corrected chi connectivity index (χ0v) is 12.6. The molecule has 6 heteroatoms. The van der Waals surface area contributed by atoms with E-state index in [4.69, 9.17) is 17.3 Å². The SMILES string of the molecule is Cc1csc(-c2nc3c(N)cc(Br)cc3[nH]2)c1Cl. The number of anilines is 1. The number of aryl methyl sites for hydroxylation is 1. The van der Waals surface area contributed by atoms with Crippen LogP contribution in [-0.2, 0) is 0 Å². The van der Waals surface area contributed by atoms with Gasteiger partial charge in [-0.2, -0.15) is 0 Å². The molecule has 2 heterocycles. The second kappa shape index (κ2) is 4.26. The Labute approximate surface area is 121 Å². The van der Waals surface area contributed by atoms with Crippen molar-refractivity contribution in [1.82, 2.24) is 9.97 Å². The minimum Gasteiger partial charge on any atom is -0.397 e. The van der Waals surface area contributed by atoms with Gasteiger partial charge in [0.1, 0.15) is 11.3 Å². The highest BCUT2D eigenvalue weighted by molar-refractivity contribution is 9.10. The van der Waals surface area contributed by atoms with Gasteiger partial charge in [0, 0.05) is 4.47 Å². The average Bonchev–Trinajstić information content (AvgIpc) is 2.84. The Morgan fingerprint density at radius 1 is 1.44 bits per heavy atom. The van der Waals surface area contributed by atoms with E-state index in [-0.39, 0.29) is 0 Å². The van der Waals surface area contributed by atoms with E-state index < -0.39 is 0 Å². The van der Waals surface area contributed by atoms with E-state index in [2.05, 4.69) is 25.9 Å². The van der Waals surface area contributed by atoms with Crippen molar-refractivity contribution in [2.45, 2.75) is 6.92 Å². The monoisotopic (exact) mass is 341 g/mol. The molecule has 0 aliphatic rings. The fourth-order valence-electron chi connectivity index (χ4n) is 1.80. The molecule has 0 bridgehead atoms. The van der Waals surface area contributed by atoms with Crippen molar-refractivity contribution in [2.75, 3.05) is 5.73 Å². The lowest BCUT2D eigenvalue weighted by molar-refractivity contribution is 1.35. The molecule has 0 aliphatic heterocycles. The van der Waals surface area contributed by atoms with Gasteiger partial charge in [-0.15, -0.1) is 11.3 Å². The first-order valence-electron chi connectivity index (χ1n) is 5.25. The molecule has 0 unspecified atom stereocenters. The van der Waals surface area contributed by atoms with Crippen LogP contribution in [-0.4, -0.2) is 9.97 Å². The molecule has 3 aromatic rings. The second-order valence-electron chi connectivity index (χ2n) is 4.04. The molecule has 18 heavy (non-hydrogen) atoms. The minimum absolute atomic E-state index is 0.645. The smallest absolute Gasteiger partial charge is 0.150 e. The number of fused-ring (bicyclic) bond motifs is 1. The first-order chi connectivity index (χ1) is 8.56. The van der Waals surface area contributed by atoms with Gasteiger partial charge in [0.2, 0.25) is 0 Å². The number of H-pyrrole nitrogens is 1. The van der Waals surface area contributed by atoms with E-state index in [1.54, 1.807) is 11.3 Å². The van der Waals surface area contributed by atoms with E-state index in [9.17, 15) is 0 Å². The maximum atomic E-state index is 6.25. The van der Waals surface area contributed by atoms with Crippen LogP contribution in [0.2, 0.25) is 5.02 Å². The zero-order valence-electron chi connectivity index (χ0n) is 9.42. The van der Waals surface area contributed by atoms with Crippen molar-refractivity contribution >= 4 is 55.6 Å². The normalized spacial score (nSPS) is 11.3. The number of thiophene rings is 1. The number of aromatic amines is 1. The number of rotatable bonds is 1. The van der Waals surface area contributed by atoms with E-state index in [1.807, 2.05) is 24.4 Å². The quantitative estimate of drug-likeness (QED) is 0.635. The van der Waals surface area contributed by atoms with Gasteiger partial charge in [0.25, 0.3) is 0 Å². The van der Waals surface area contributed by atoms with Crippen molar-refractivity contribution < 1.29 is 0 Å². The number of nitrogens with one attached hydrogen (secondary N) is 1. The van der Waals surface area contributed by atoms with Gasteiger partial charge in [-0.1, -0.05) is 27.5 Å². The summed E-state index contributed by atoms with van der Waals surface area (Å²) in [5, 5.41) is 2.76. The van der Waals surface area contributed by atoms with Gasteiger partial charge >= 0.3 is 0 Å². The molecule has 0 atom stereocenters. The number of nitrogens with zero attached hydrogens (tertiary/aromatic N) is 1. The first kappa shape index (κ1) is 12.0. The van der Waals surface area contributed by atoms with Crippen LogP contribution in [0.4, 0.5) is 5.69 Å². The van der Waals surface area contributed by atoms with Crippen LogP contribution in [0.25, 0.3) is 21.7 Å². The number of aromatic nitrogens is 2. The molecule has 0 saturated heterocycles. The molecule has 3 nitrogen and oxygen atoms in total. The Balaban J connectivity index is 2.25. The molecule has 0 spiro atoms. The maximum Gasteiger partial charge on any atom is 0.150 e. The Kier molecular flexibility index (Phi) is 2.84. The molecule has 2 aromatic heterocycles. The number of nitrogen functional groups attached to an aromatic ring is 1. The van der Waals surface area contributed by atoms with E-state index in [0.29, 0.717) is 5.69 Å². The lowest BCUT2D eigenvalue weighted by Crippen LogP contribution is -1.86. The van der Waals surface area contributed by atoms with Gasteiger partial charge in [-0.25, -0.2) is 4.98 Å². The lowest BCUT2D eigenvalue weighted by Gasteiger charge is -1.94. The van der Waals surface area contributed by atoms with Gasteiger partial charge in [0.05, 0.1) is 21.1 Å². The molecule has 0 amide bonds. The summed E-state index contributed by atoms with van der Waals surface area (Å²) in [6.45, 7) is 1.98. The lowest BCUT2D eigenvalue weighted by atomic mass is 10.3. The summed E-state index contributed by atoms with van der Waals surface area (Å²) >= 11 is 11.2. The minimum atomic E-state index is 0.645. The summed E-state index contributed by atoms with van der Waals surface area (Å²) in [6, 6.07) is 3.80. The van der Waals surface area contributed by atoms with Crippen LogP contribution in [0.5, 0.6) is 0 Å². The molecule has 0 radical (unpaired) electrons. The standard InChI is InChI=1S/C12H9BrClN3S/c1-5-4-18-11(9(5)14)12-16-8-3-6(13)2-7(15)10(8)17-12/h2-4H,15H2,1H3,(H,16,17). The van der Waals surface area contributed by atoms with Gasteiger partial charge < -0.3 is 10.7 Å². The summed E-state index contributed by atoms with van der Waals surface area (Å²) in [5.41, 5.74) is 9.33. The van der Waals surface area contributed by atoms with Crippen LogP contribution in [0.3, 0.4) is 0 Å². The number of nitrogens with two attached hydrogens (primary N) is 1. The summed E-state index contributed by atoms with van der Waals surface area (Å²) in [4.78, 5) is 8.72. The Bertz CT molecular complexity index is 747. The third-order valence-corrected chi connectivity index (χ3v) is 4.86. The fraction of sp³-hybridized carbons (Fsp3) is 0.0833. The van der Waals surface area contributed by atoms with Gasteiger partial charge in [-0.3, -0.25) is 0 Å².